The predicted octanol–water partition coefficient (Wildman–Crippen LogP) is 12.4. The summed E-state index contributed by atoms with van der Waals surface area (Å²) in [6.07, 6.45) is 43.9. The quantitative estimate of drug-likeness (QED) is 0.0241. The number of rotatable bonds is 42. The van der Waals surface area contributed by atoms with Crippen molar-refractivity contribution in [1.82, 2.24) is 5.32 Å². The van der Waals surface area contributed by atoms with Crippen LogP contribution in [0.3, 0.4) is 0 Å². The third-order valence-corrected chi connectivity index (χ3v) is 10.6. The van der Waals surface area contributed by atoms with Gasteiger partial charge >= 0.3 is 13.8 Å². The zero-order valence-corrected chi connectivity index (χ0v) is 35.8. The van der Waals surface area contributed by atoms with E-state index in [4.69, 9.17) is 13.8 Å². The van der Waals surface area contributed by atoms with Crippen molar-refractivity contribution in [1.29, 1.82) is 0 Å². The van der Waals surface area contributed by atoms with Crippen LogP contribution in [0.15, 0.2) is 24.3 Å². The predicted molar refractivity (Wildman–Crippen MR) is 224 cm³/mol. The lowest BCUT2D eigenvalue weighted by molar-refractivity contribution is -0.147. The zero-order valence-electron chi connectivity index (χ0n) is 34.9. The molecule has 0 aliphatic heterocycles. The Kier molecular flexibility index (Phi) is 40.0. The topological polar surface area (TPSA) is 131 Å². The van der Waals surface area contributed by atoms with Gasteiger partial charge in [0, 0.05) is 19.4 Å². The molecule has 0 bridgehead atoms. The summed E-state index contributed by atoms with van der Waals surface area (Å²) in [5.41, 5.74) is 0. The zero-order chi connectivity index (χ0) is 39.6. The lowest BCUT2D eigenvalue weighted by Gasteiger charge is -2.15. The van der Waals surface area contributed by atoms with Crippen molar-refractivity contribution >= 4 is 19.7 Å². The van der Waals surface area contributed by atoms with Gasteiger partial charge in [-0.15, -0.1) is 0 Å². The van der Waals surface area contributed by atoms with Gasteiger partial charge in [0.15, 0.2) is 0 Å². The number of allylic oxidation sites excluding steroid dienone is 4. The number of hydrogen-bond donors (Lipinski definition) is 3. The summed E-state index contributed by atoms with van der Waals surface area (Å²) in [5.74, 6) is -0.523. The van der Waals surface area contributed by atoms with E-state index in [9.17, 15) is 24.2 Å². The van der Waals surface area contributed by atoms with Crippen molar-refractivity contribution < 1.29 is 37.9 Å². The molecule has 10 heteroatoms. The first-order chi connectivity index (χ1) is 26.3. The number of hydrogen-bond acceptors (Lipinski definition) is 7. The molecule has 0 saturated carbocycles. The molecule has 0 aromatic heterocycles. The lowest BCUT2D eigenvalue weighted by Crippen LogP contribution is -2.27. The molecule has 318 valence electrons. The average molecular weight is 786 g/mol. The van der Waals surface area contributed by atoms with Crippen LogP contribution in [0.5, 0.6) is 0 Å². The minimum atomic E-state index is -4.42. The average Bonchev–Trinajstić information content (AvgIpc) is 3.16. The van der Waals surface area contributed by atoms with E-state index < -0.39 is 26.5 Å². The van der Waals surface area contributed by atoms with E-state index in [2.05, 4.69) is 43.5 Å². The number of aliphatic hydroxyl groups is 1. The molecule has 2 atom stereocenters. The molecule has 54 heavy (non-hydrogen) atoms. The fourth-order valence-electron chi connectivity index (χ4n) is 6.19. The van der Waals surface area contributed by atoms with E-state index in [-0.39, 0.29) is 32.1 Å². The Morgan fingerprint density at radius 1 is 0.556 bits per heavy atom. The molecule has 2 unspecified atom stereocenters. The Bertz CT molecular complexity index is 944. The van der Waals surface area contributed by atoms with E-state index in [1.54, 1.807) is 0 Å². The van der Waals surface area contributed by atoms with Crippen LogP contribution in [0.4, 0.5) is 0 Å². The first-order valence-electron chi connectivity index (χ1n) is 22.3. The molecule has 0 radical (unpaired) electrons. The van der Waals surface area contributed by atoms with Crippen molar-refractivity contribution in [2.24, 2.45) is 0 Å². The monoisotopic (exact) mass is 786 g/mol. The number of carbonyl (C=O) groups is 2. The number of phosphoric ester groups is 1. The second-order valence-corrected chi connectivity index (χ2v) is 16.5. The van der Waals surface area contributed by atoms with Gasteiger partial charge in [-0.1, -0.05) is 160 Å². The van der Waals surface area contributed by atoms with Gasteiger partial charge in [0.05, 0.1) is 13.2 Å². The van der Waals surface area contributed by atoms with Crippen LogP contribution < -0.4 is 5.32 Å². The molecular formula is C44H84NO8P. The highest BCUT2D eigenvalue weighted by Crippen LogP contribution is 2.42. The van der Waals surface area contributed by atoms with Crippen LogP contribution >= 0.6 is 7.82 Å². The molecule has 0 aliphatic carbocycles. The minimum absolute atomic E-state index is 0.0815. The van der Waals surface area contributed by atoms with Gasteiger partial charge in [-0.25, -0.2) is 4.57 Å². The van der Waals surface area contributed by atoms with Crippen molar-refractivity contribution in [3.8, 4) is 0 Å². The third kappa shape index (κ3) is 41.6. The molecule has 0 heterocycles. The Balaban J connectivity index is 3.58. The molecule has 0 fully saturated rings. The van der Waals surface area contributed by atoms with E-state index in [0.29, 0.717) is 6.42 Å². The molecule has 1 amide bonds. The number of nitrogens with one attached hydrogen (secondary N) is 1. The van der Waals surface area contributed by atoms with Gasteiger partial charge in [0.2, 0.25) is 5.91 Å². The molecule has 0 aromatic carbocycles. The first kappa shape index (κ1) is 52.5. The van der Waals surface area contributed by atoms with Crippen molar-refractivity contribution in [3.05, 3.63) is 24.3 Å². The number of aliphatic hydroxyl groups excluding tert-OH is 1. The number of esters is 1. The van der Waals surface area contributed by atoms with Crippen LogP contribution in [0.1, 0.15) is 213 Å². The van der Waals surface area contributed by atoms with Crippen LogP contribution in [0.2, 0.25) is 0 Å². The minimum Gasteiger partial charge on any atom is -0.463 e. The van der Waals surface area contributed by atoms with Gasteiger partial charge in [0.1, 0.15) is 12.7 Å². The Hall–Kier alpha value is -1.51. The van der Waals surface area contributed by atoms with Gasteiger partial charge in [-0.3, -0.25) is 18.6 Å². The summed E-state index contributed by atoms with van der Waals surface area (Å²) in [7, 11) is -4.42. The van der Waals surface area contributed by atoms with E-state index in [1.165, 1.54) is 128 Å². The summed E-state index contributed by atoms with van der Waals surface area (Å²) in [6, 6.07) is 0. The highest BCUT2D eigenvalue weighted by Gasteiger charge is 2.23. The highest BCUT2D eigenvalue weighted by molar-refractivity contribution is 7.47. The standard InChI is InChI=1S/C44H84NO8P/c1-3-5-7-9-11-13-15-17-19-20-21-22-23-24-26-28-30-32-34-36-43(47)45-38-39-52-54(49,50)53-41-42(46)40-51-44(48)37-35-33-31-29-27-25-18-16-14-12-10-8-6-4-2/h16-19,42,46H,3-15,20-41H2,1-2H3,(H,45,47)(H,49,50)/b18-16-,19-17+. The SMILES string of the molecule is CCCCCCC/C=C\CCCCCCCC(=O)OCC(O)COP(=O)(O)OCCNC(=O)CCCCCCCCCCC/C=C/CCCCCCCC. The summed E-state index contributed by atoms with van der Waals surface area (Å²) >= 11 is 0. The fourth-order valence-corrected chi connectivity index (χ4v) is 6.95. The maximum Gasteiger partial charge on any atom is 0.472 e. The van der Waals surface area contributed by atoms with Gasteiger partial charge in [-0.05, 0) is 64.2 Å². The fraction of sp³-hybridized carbons (Fsp3) is 0.864. The van der Waals surface area contributed by atoms with E-state index in [0.717, 1.165) is 57.8 Å². The van der Waals surface area contributed by atoms with Gasteiger partial charge in [-0.2, -0.15) is 0 Å². The molecule has 3 N–H and O–H groups in total. The molecule has 0 spiro atoms. The van der Waals surface area contributed by atoms with E-state index >= 15 is 0 Å². The smallest absolute Gasteiger partial charge is 0.463 e. The Labute approximate surface area is 331 Å². The Morgan fingerprint density at radius 3 is 1.39 bits per heavy atom. The molecule has 9 nitrogen and oxygen atoms in total. The summed E-state index contributed by atoms with van der Waals surface area (Å²) < 4.78 is 26.9. The van der Waals surface area contributed by atoms with Crippen molar-refractivity contribution in [2.45, 2.75) is 219 Å². The van der Waals surface area contributed by atoms with Crippen LogP contribution in [-0.2, 0) is 27.9 Å². The largest absolute Gasteiger partial charge is 0.472 e. The van der Waals surface area contributed by atoms with Crippen LogP contribution in [-0.4, -0.2) is 54.3 Å². The summed E-state index contributed by atoms with van der Waals surface area (Å²) in [4.78, 5) is 33.9. The summed E-state index contributed by atoms with van der Waals surface area (Å²) in [6.45, 7) is 3.54. The van der Waals surface area contributed by atoms with E-state index in [1.807, 2.05) is 0 Å². The maximum atomic E-state index is 12.1. The second kappa shape index (κ2) is 41.1. The molecule has 0 aromatic rings. The number of unbranched alkanes of at least 4 members (excludes halogenated alkanes) is 25. The first-order valence-corrected chi connectivity index (χ1v) is 23.8. The number of phosphoric acid groups is 1. The molecule has 0 rings (SSSR count). The second-order valence-electron chi connectivity index (χ2n) is 15.0. The maximum absolute atomic E-state index is 12.1. The van der Waals surface area contributed by atoms with Gasteiger partial charge in [0.25, 0.3) is 0 Å². The van der Waals surface area contributed by atoms with Crippen LogP contribution in [0.25, 0.3) is 0 Å². The molecular weight excluding hydrogens is 701 g/mol. The van der Waals surface area contributed by atoms with Crippen molar-refractivity contribution in [2.75, 3.05) is 26.4 Å². The van der Waals surface area contributed by atoms with Gasteiger partial charge < -0.3 is 20.1 Å². The highest BCUT2D eigenvalue weighted by atomic mass is 31.2. The third-order valence-electron chi connectivity index (χ3n) is 9.60. The van der Waals surface area contributed by atoms with Crippen LogP contribution in [0, 0.1) is 0 Å². The normalized spacial score (nSPS) is 13.5. The molecule has 0 aliphatic rings. The number of ether oxygens (including phenoxy) is 1. The summed E-state index contributed by atoms with van der Waals surface area (Å²) in [5, 5.41) is 12.7. The lowest BCUT2D eigenvalue weighted by atomic mass is 10.1. The number of carbonyl (C=O) groups excluding carboxylic acids is 2. The number of amides is 1. The molecule has 0 saturated heterocycles. The van der Waals surface area contributed by atoms with Crippen molar-refractivity contribution in [3.63, 3.8) is 0 Å². The Morgan fingerprint density at radius 2 is 0.944 bits per heavy atom.